The summed E-state index contributed by atoms with van der Waals surface area (Å²) in [5.41, 5.74) is 0.487. The van der Waals surface area contributed by atoms with Crippen LogP contribution >= 0.6 is 0 Å². The van der Waals surface area contributed by atoms with Gasteiger partial charge in [0.05, 0.1) is 11.8 Å². The molecule has 0 saturated carbocycles. The van der Waals surface area contributed by atoms with Gasteiger partial charge in [0.2, 0.25) is 0 Å². The van der Waals surface area contributed by atoms with E-state index in [-0.39, 0.29) is 0 Å². The van der Waals surface area contributed by atoms with Crippen molar-refractivity contribution in [2.75, 3.05) is 0 Å². The van der Waals surface area contributed by atoms with E-state index in [2.05, 4.69) is 21.3 Å². The van der Waals surface area contributed by atoms with Gasteiger partial charge in [0.25, 0.3) is 0 Å². The van der Waals surface area contributed by atoms with Crippen molar-refractivity contribution in [1.29, 1.82) is 5.26 Å². The van der Waals surface area contributed by atoms with Gasteiger partial charge in [-0.1, -0.05) is 0 Å². The summed E-state index contributed by atoms with van der Waals surface area (Å²) in [7, 11) is 0. The maximum atomic E-state index is 8.86. The van der Waals surface area contributed by atoms with Crippen LogP contribution in [0.15, 0.2) is 24.7 Å². The van der Waals surface area contributed by atoms with Gasteiger partial charge in [0.1, 0.15) is 11.9 Å². The van der Waals surface area contributed by atoms with E-state index in [1.54, 1.807) is 23.0 Å². The van der Waals surface area contributed by atoms with Gasteiger partial charge in [0, 0.05) is 12.4 Å². The predicted molar refractivity (Wildman–Crippen MR) is 48.6 cm³/mol. The molecule has 0 aliphatic rings. The molecule has 2 aromatic rings. The summed E-state index contributed by atoms with van der Waals surface area (Å²) in [5.74, 6) is 1.30. The van der Waals surface area contributed by atoms with Gasteiger partial charge in [0.15, 0.2) is 5.82 Å². The molecule has 5 heteroatoms. The molecule has 0 unspecified atom stereocenters. The zero-order valence-electron chi connectivity index (χ0n) is 7.55. The third kappa shape index (κ3) is 1.23. The van der Waals surface area contributed by atoms with E-state index in [1.165, 1.54) is 6.20 Å². The maximum absolute atomic E-state index is 8.86. The highest BCUT2D eigenvalue weighted by Crippen LogP contribution is 2.10. The van der Waals surface area contributed by atoms with Gasteiger partial charge >= 0.3 is 0 Å². The summed E-state index contributed by atoms with van der Waals surface area (Å²) < 4.78 is 1.73. The van der Waals surface area contributed by atoms with E-state index in [0.717, 1.165) is 5.82 Å². The molecule has 0 N–H and O–H groups in total. The van der Waals surface area contributed by atoms with E-state index in [4.69, 9.17) is 5.26 Å². The van der Waals surface area contributed by atoms with Gasteiger partial charge in [-0.3, -0.25) is 4.57 Å². The first kappa shape index (κ1) is 8.38. The Morgan fingerprint density at radius 3 is 2.93 bits per heavy atom. The first-order valence-electron chi connectivity index (χ1n) is 4.05. The van der Waals surface area contributed by atoms with Crippen LogP contribution in [0.2, 0.25) is 0 Å². The minimum Gasteiger partial charge on any atom is -0.286 e. The molecule has 0 aliphatic heterocycles. The number of hydrogen-bond donors (Lipinski definition) is 0. The van der Waals surface area contributed by atoms with Crippen LogP contribution in [0.25, 0.3) is 5.82 Å². The smallest absolute Gasteiger partial charge is 0.178 e. The van der Waals surface area contributed by atoms with Gasteiger partial charge in [-0.2, -0.15) is 10.4 Å². The van der Waals surface area contributed by atoms with Gasteiger partial charge in [-0.15, -0.1) is 5.10 Å². The van der Waals surface area contributed by atoms with Crippen molar-refractivity contribution in [1.82, 2.24) is 19.7 Å². The predicted octanol–water partition coefficient (Wildman–Crippen LogP) is 0.842. The molecular weight excluding hydrogens is 178 g/mol. The number of nitriles is 1. The van der Waals surface area contributed by atoms with Crippen LogP contribution in [0.1, 0.15) is 11.4 Å². The van der Waals surface area contributed by atoms with Crippen molar-refractivity contribution in [3.63, 3.8) is 0 Å². The third-order valence-corrected chi connectivity index (χ3v) is 1.88. The number of aromatic nitrogens is 4. The second-order valence-electron chi connectivity index (χ2n) is 2.72. The van der Waals surface area contributed by atoms with E-state index in [1.807, 2.05) is 6.92 Å². The fraction of sp³-hybridized carbons (Fsp3) is 0.111. The first-order chi connectivity index (χ1) is 6.83. The van der Waals surface area contributed by atoms with E-state index in [9.17, 15) is 0 Å². The van der Waals surface area contributed by atoms with Crippen LogP contribution in [0.3, 0.4) is 0 Å². The lowest BCUT2D eigenvalue weighted by Crippen LogP contribution is -2.02. The second-order valence-corrected chi connectivity index (χ2v) is 2.72. The highest BCUT2D eigenvalue weighted by Gasteiger charge is 2.07. The monoisotopic (exact) mass is 185 g/mol. The average molecular weight is 185 g/mol. The van der Waals surface area contributed by atoms with Crippen LogP contribution in [0.4, 0.5) is 0 Å². The zero-order valence-corrected chi connectivity index (χ0v) is 7.55. The lowest BCUT2D eigenvalue weighted by Gasteiger charge is -2.03. The molecule has 0 saturated heterocycles. The summed E-state index contributed by atoms with van der Waals surface area (Å²) >= 11 is 0. The Bertz CT molecular complexity index is 494. The molecule has 0 aromatic carbocycles. The fourth-order valence-electron chi connectivity index (χ4n) is 1.19. The largest absolute Gasteiger partial charge is 0.286 e. The Hall–Kier alpha value is -2.22. The van der Waals surface area contributed by atoms with Crippen LogP contribution < -0.4 is 0 Å². The summed E-state index contributed by atoms with van der Waals surface area (Å²) in [5, 5.41) is 16.5. The van der Waals surface area contributed by atoms with Crippen LogP contribution in [0, 0.1) is 18.3 Å². The van der Waals surface area contributed by atoms with Crippen molar-refractivity contribution in [3.05, 3.63) is 36.0 Å². The molecule has 0 fully saturated rings. The topological polar surface area (TPSA) is 67.4 Å². The zero-order chi connectivity index (χ0) is 9.97. The molecule has 0 bridgehead atoms. The Morgan fingerprint density at radius 2 is 2.29 bits per heavy atom. The summed E-state index contributed by atoms with van der Waals surface area (Å²) in [4.78, 5) is 4.05. The Labute approximate surface area is 80.7 Å². The Morgan fingerprint density at radius 1 is 1.43 bits per heavy atom. The van der Waals surface area contributed by atoms with Gasteiger partial charge in [-0.25, -0.2) is 4.98 Å². The molecule has 2 heterocycles. The minimum absolute atomic E-state index is 0.487. The van der Waals surface area contributed by atoms with Crippen molar-refractivity contribution >= 4 is 0 Å². The molecule has 2 rings (SSSR count). The molecule has 2 aromatic heterocycles. The molecule has 0 amide bonds. The highest BCUT2D eigenvalue weighted by molar-refractivity contribution is 5.42. The summed E-state index contributed by atoms with van der Waals surface area (Å²) in [6, 6.07) is 3.69. The molecule has 68 valence electrons. The van der Waals surface area contributed by atoms with Gasteiger partial charge in [-0.05, 0) is 13.0 Å². The van der Waals surface area contributed by atoms with Crippen molar-refractivity contribution in [3.8, 4) is 11.9 Å². The van der Waals surface area contributed by atoms with Crippen molar-refractivity contribution in [2.24, 2.45) is 0 Å². The molecule has 14 heavy (non-hydrogen) atoms. The van der Waals surface area contributed by atoms with Crippen LogP contribution in [-0.2, 0) is 0 Å². The first-order valence-corrected chi connectivity index (χ1v) is 4.05. The van der Waals surface area contributed by atoms with E-state index < -0.39 is 0 Å². The lowest BCUT2D eigenvalue weighted by molar-refractivity contribution is 0.874. The SMILES string of the molecule is Cc1nccn1-c1nnccc1C#N. The molecular formula is C9H7N5. The van der Waals surface area contributed by atoms with Crippen molar-refractivity contribution < 1.29 is 0 Å². The molecule has 5 nitrogen and oxygen atoms in total. The lowest BCUT2D eigenvalue weighted by atomic mass is 10.3. The molecule has 0 aliphatic carbocycles. The Kier molecular flexibility index (Phi) is 1.95. The normalized spacial score (nSPS) is 9.71. The number of nitrogens with zero attached hydrogens (tertiary/aromatic N) is 5. The van der Waals surface area contributed by atoms with Crippen LogP contribution in [-0.4, -0.2) is 19.7 Å². The second kappa shape index (κ2) is 3.26. The third-order valence-electron chi connectivity index (χ3n) is 1.88. The number of aryl methyl sites for hydroxylation is 1. The molecule has 0 spiro atoms. The molecule has 0 radical (unpaired) electrons. The van der Waals surface area contributed by atoms with E-state index >= 15 is 0 Å². The number of hydrogen-bond acceptors (Lipinski definition) is 4. The minimum atomic E-state index is 0.487. The quantitative estimate of drug-likeness (QED) is 0.660. The van der Waals surface area contributed by atoms with Crippen molar-refractivity contribution in [2.45, 2.75) is 6.92 Å². The Balaban J connectivity index is 2.64. The number of rotatable bonds is 1. The van der Waals surface area contributed by atoms with Crippen LogP contribution in [0.5, 0.6) is 0 Å². The molecule has 0 atom stereocenters. The summed E-state index contributed by atoms with van der Waals surface area (Å²) in [6.07, 6.45) is 4.90. The highest BCUT2D eigenvalue weighted by atomic mass is 15.2. The van der Waals surface area contributed by atoms with Gasteiger partial charge < -0.3 is 0 Å². The summed E-state index contributed by atoms with van der Waals surface area (Å²) in [6.45, 7) is 1.84. The van der Waals surface area contributed by atoms with E-state index in [0.29, 0.717) is 11.4 Å². The standard InChI is InChI=1S/C9H7N5/c1-7-11-4-5-14(7)9-8(6-10)2-3-12-13-9/h2-5H,1H3. The average Bonchev–Trinajstić information content (AvgIpc) is 2.64. The number of imidazole rings is 1. The maximum Gasteiger partial charge on any atom is 0.178 e. The fourth-order valence-corrected chi connectivity index (χ4v) is 1.19.